The van der Waals surface area contributed by atoms with E-state index < -0.39 is 0 Å². The van der Waals surface area contributed by atoms with E-state index in [9.17, 15) is 9.90 Å². The summed E-state index contributed by atoms with van der Waals surface area (Å²) in [5.41, 5.74) is 2.03. The Hall–Kier alpha value is -2.49. The summed E-state index contributed by atoms with van der Waals surface area (Å²) in [4.78, 5) is 14.3. The van der Waals surface area contributed by atoms with Crippen LogP contribution in [-0.4, -0.2) is 22.6 Å². The molecule has 1 unspecified atom stereocenters. The highest BCUT2D eigenvalue weighted by Crippen LogP contribution is 2.32. The predicted molar refractivity (Wildman–Crippen MR) is 88.0 cm³/mol. The second-order valence-corrected chi connectivity index (χ2v) is 5.84. The lowest BCUT2D eigenvalue weighted by Gasteiger charge is -2.35. The zero-order valence-electron chi connectivity index (χ0n) is 13.0. The average molecular weight is 311 g/mol. The van der Waals surface area contributed by atoms with Crippen LogP contribution in [0.4, 0.5) is 4.79 Å². The summed E-state index contributed by atoms with van der Waals surface area (Å²) in [5, 5.41) is 9.44. The Balaban J connectivity index is 1.68. The number of piperidine rings is 1. The number of hydrogen-bond acceptors (Lipinski definition) is 3. The summed E-state index contributed by atoms with van der Waals surface area (Å²) in [6, 6.07) is 16.8. The molecule has 0 spiro atoms. The first-order chi connectivity index (χ1) is 11.2. The number of amides is 1. The van der Waals surface area contributed by atoms with Crippen molar-refractivity contribution in [2.45, 2.75) is 31.9 Å². The van der Waals surface area contributed by atoms with Crippen LogP contribution >= 0.6 is 0 Å². The van der Waals surface area contributed by atoms with E-state index in [1.54, 1.807) is 17.0 Å². The smallest absolute Gasteiger partial charge is 0.410 e. The van der Waals surface area contributed by atoms with Gasteiger partial charge in [0.05, 0.1) is 6.04 Å². The molecular formula is C19H21NO3. The topological polar surface area (TPSA) is 49.8 Å². The molecule has 0 aliphatic carbocycles. The number of nitrogens with zero attached hydrogens (tertiary/aromatic N) is 1. The molecule has 0 aromatic heterocycles. The third kappa shape index (κ3) is 3.83. The van der Waals surface area contributed by atoms with Crippen molar-refractivity contribution in [3.8, 4) is 5.75 Å². The molecule has 1 amide bonds. The van der Waals surface area contributed by atoms with Crippen LogP contribution in [0.1, 0.15) is 36.4 Å². The molecule has 4 heteroatoms. The van der Waals surface area contributed by atoms with E-state index in [2.05, 4.69) is 0 Å². The van der Waals surface area contributed by atoms with Gasteiger partial charge in [-0.05, 0) is 42.5 Å². The Morgan fingerprint density at radius 2 is 1.83 bits per heavy atom. The first-order valence-electron chi connectivity index (χ1n) is 8.00. The number of phenolic OH excluding ortho intramolecular Hbond substituents is 1. The molecule has 1 atom stereocenters. The number of aromatic hydroxyl groups is 1. The normalized spacial score (nSPS) is 17.7. The van der Waals surface area contributed by atoms with Gasteiger partial charge in [-0.3, -0.25) is 0 Å². The van der Waals surface area contributed by atoms with Crippen molar-refractivity contribution in [3.05, 3.63) is 65.7 Å². The van der Waals surface area contributed by atoms with Crippen LogP contribution in [0, 0.1) is 0 Å². The number of benzene rings is 2. The minimum Gasteiger partial charge on any atom is -0.508 e. The number of ether oxygens (including phenoxy) is 1. The van der Waals surface area contributed by atoms with Gasteiger partial charge >= 0.3 is 6.09 Å². The molecular weight excluding hydrogens is 290 g/mol. The van der Waals surface area contributed by atoms with E-state index in [1.165, 1.54) is 0 Å². The number of carbonyl (C=O) groups excluding carboxylic acids is 1. The van der Waals surface area contributed by atoms with Crippen molar-refractivity contribution in [3.63, 3.8) is 0 Å². The zero-order chi connectivity index (χ0) is 16.1. The van der Waals surface area contributed by atoms with Gasteiger partial charge in [0.25, 0.3) is 0 Å². The van der Waals surface area contributed by atoms with Crippen LogP contribution in [-0.2, 0) is 11.3 Å². The Labute approximate surface area is 136 Å². The number of carbonyl (C=O) groups is 1. The minimum absolute atomic E-state index is 0.0209. The fourth-order valence-electron chi connectivity index (χ4n) is 3.00. The number of phenols is 1. The Kier molecular flexibility index (Phi) is 4.81. The second kappa shape index (κ2) is 7.18. The second-order valence-electron chi connectivity index (χ2n) is 5.84. The molecule has 4 nitrogen and oxygen atoms in total. The zero-order valence-corrected chi connectivity index (χ0v) is 13.0. The summed E-state index contributed by atoms with van der Waals surface area (Å²) in [6.45, 7) is 0.998. The van der Waals surface area contributed by atoms with Crippen LogP contribution in [0.3, 0.4) is 0 Å². The molecule has 1 fully saturated rings. The van der Waals surface area contributed by atoms with E-state index in [0.29, 0.717) is 13.2 Å². The first kappa shape index (κ1) is 15.4. The van der Waals surface area contributed by atoms with Crippen LogP contribution < -0.4 is 0 Å². The molecule has 1 aliphatic heterocycles. The largest absolute Gasteiger partial charge is 0.508 e. The van der Waals surface area contributed by atoms with Gasteiger partial charge < -0.3 is 14.7 Å². The number of rotatable bonds is 3. The fraction of sp³-hybridized carbons (Fsp3) is 0.316. The Bertz CT molecular complexity index is 639. The molecule has 1 heterocycles. The predicted octanol–water partition coefficient (Wildman–Crippen LogP) is 4.26. The molecule has 1 N–H and O–H groups in total. The first-order valence-corrected chi connectivity index (χ1v) is 8.00. The lowest BCUT2D eigenvalue weighted by atomic mass is 9.95. The lowest BCUT2D eigenvalue weighted by Crippen LogP contribution is -2.38. The van der Waals surface area contributed by atoms with Crippen molar-refractivity contribution >= 4 is 6.09 Å². The van der Waals surface area contributed by atoms with Gasteiger partial charge in [0.15, 0.2) is 0 Å². The van der Waals surface area contributed by atoms with Gasteiger partial charge in [-0.25, -0.2) is 4.79 Å². The molecule has 1 saturated heterocycles. The molecule has 0 saturated carbocycles. The molecule has 0 bridgehead atoms. The molecule has 0 radical (unpaired) electrons. The quantitative estimate of drug-likeness (QED) is 0.921. The summed E-state index contributed by atoms with van der Waals surface area (Å²) in [6.07, 6.45) is 2.74. The van der Waals surface area contributed by atoms with Crippen LogP contribution in [0.15, 0.2) is 54.6 Å². The van der Waals surface area contributed by atoms with E-state index in [-0.39, 0.29) is 17.9 Å². The summed E-state index contributed by atoms with van der Waals surface area (Å²) in [7, 11) is 0. The van der Waals surface area contributed by atoms with Crippen molar-refractivity contribution in [1.29, 1.82) is 0 Å². The number of likely N-dealkylation sites (tertiary alicyclic amines) is 1. The maximum absolute atomic E-state index is 12.5. The van der Waals surface area contributed by atoms with Crippen LogP contribution in [0.5, 0.6) is 5.75 Å². The maximum atomic E-state index is 12.5. The summed E-state index contributed by atoms with van der Waals surface area (Å²) in [5.74, 6) is 0.239. The van der Waals surface area contributed by atoms with Crippen LogP contribution in [0.25, 0.3) is 0 Å². The van der Waals surface area contributed by atoms with Crippen molar-refractivity contribution < 1.29 is 14.6 Å². The monoisotopic (exact) mass is 311 g/mol. The van der Waals surface area contributed by atoms with Gasteiger partial charge in [-0.1, -0.05) is 42.5 Å². The SMILES string of the molecule is O=C(OCc1ccccc1)N1CCCCC1c1ccc(O)cc1. The molecule has 3 rings (SSSR count). The summed E-state index contributed by atoms with van der Waals surface area (Å²) < 4.78 is 5.48. The van der Waals surface area contributed by atoms with E-state index >= 15 is 0 Å². The van der Waals surface area contributed by atoms with Gasteiger partial charge in [-0.15, -0.1) is 0 Å². The Morgan fingerprint density at radius 3 is 2.57 bits per heavy atom. The Morgan fingerprint density at radius 1 is 1.09 bits per heavy atom. The van der Waals surface area contributed by atoms with Gasteiger partial charge in [0, 0.05) is 6.54 Å². The average Bonchev–Trinajstić information content (AvgIpc) is 2.61. The van der Waals surface area contributed by atoms with Crippen molar-refractivity contribution in [1.82, 2.24) is 4.90 Å². The molecule has 1 aliphatic rings. The highest BCUT2D eigenvalue weighted by Gasteiger charge is 2.29. The lowest BCUT2D eigenvalue weighted by molar-refractivity contribution is 0.0679. The van der Waals surface area contributed by atoms with Crippen LogP contribution in [0.2, 0.25) is 0 Å². The van der Waals surface area contributed by atoms with E-state index in [4.69, 9.17) is 4.74 Å². The van der Waals surface area contributed by atoms with E-state index in [0.717, 1.165) is 30.4 Å². The molecule has 2 aromatic rings. The van der Waals surface area contributed by atoms with Gasteiger partial charge in [0.2, 0.25) is 0 Å². The van der Waals surface area contributed by atoms with Gasteiger partial charge in [-0.2, -0.15) is 0 Å². The molecule has 120 valence electrons. The van der Waals surface area contributed by atoms with Crippen molar-refractivity contribution in [2.24, 2.45) is 0 Å². The molecule has 23 heavy (non-hydrogen) atoms. The highest BCUT2D eigenvalue weighted by molar-refractivity contribution is 5.68. The van der Waals surface area contributed by atoms with E-state index in [1.807, 2.05) is 42.5 Å². The number of hydrogen-bond donors (Lipinski definition) is 1. The molecule has 2 aromatic carbocycles. The summed E-state index contributed by atoms with van der Waals surface area (Å²) >= 11 is 0. The fourth-order valence-corrected chi connectivity index (χ4v) is 3.00. The maximum Gasteiger partial charge on any atom is 0.410 e. The standard InChI is InChI=1S/C19H21NO3/c21-17-11-9-16(10-12-17)18-8-4-5-13-20(18)19(22)23-14-15-6-2-1-3-7-15/h1-3,6-7,9-12,18,21H,4-5,8,13-14H2. The third-order valence-electron chi connectivity index (χ3n) is 4.22. The minimum atomic E-state index is -0.272. The highest BCUT2D eigenvalue weighted by atomic mass is 16.6. The third-order valence-corrected chi connectivity index (χ3v) is 4.22. The van der Waals surface area contributed by atoms with Gasteiger partial charge in [0.1, 0.15) is 12.4 Å². The van der Waals surface area contributed by atoms with Crippen molar-refractivity contribution in [2.75, 3.05) is 6.54 Å².